The zero-order valence-electron chi connectivity index (χ0n) is 40.6. The average Bonchev–Trinajstić information content (AvgIpc) is 3.76. The van der Waals surface area contributed by atoms with Crippen molar-refractivity contribution in [1.29, 1.82) is 5.41 Å². The lowest BCUT2D eigenvalue weighted by Crippen LogP contribution is -2.63. The quantitative estimate of drug-likeness (QED) is 0.0556. The van der Waals surface area contributed by atoms with Crippen molar-refractivity contribution in [2.45, 2.75) is 140 Å². The number of rotatable bonds is 15. The van der Waals surface area contributed by atoms with Gasteiger partial charge in [0.2, 0.25) is 17.8 Å². The summed E-state index contributed by atoms with van der Waals surface area (Å²) in [5, 5.41) is 16.6. The smallest absolute Gasteiger partial charge is 0.414 e. The Morgan fingerprint density at radius 3 is 2.48 bits per heavy atom. The largest absolute Gasteiger partial charge is 0.493 e. The van der Waals surface area contributed by atoms with Gasteiger partial charge in [0.05, 0.1) is 12.0 Å². The molecule has 18 nitrogen and oxygen atoms in total. The van der Waals surface area contributed by atoms with Crippen molar-refractivity contribution in [3.63, 3.8) is 0 Å². The van der Waals surface area contributed by atoms with Crippen LogP contribution < -0.4 is 34.9 Å². The van der Waals surface area contributed by atoms with Crippen LogP contribution in [0.4, 0.5) is 4.79 Å². The molecule has 3 amide bonds. The molecule has 0 saturated carbocycles. The first-order chi connectivity index (χ1) is 31.4. The molecule has 2 unspecified atom stereocenters. The van der Waals surface area contributed by atoms with E-state index in [1.165, 1.54) is 16.0 Å². The highest BCUT2D eigenvalue weighted by atomic mass is 32.2. The van der Waals surface area contributed by atoms with Gasteiger partial charge in [-0.2, -0.15) is 0 Å². The number of nitrogens with one attached hydrogen (secondary N) is 5. The number of guanidine groups is 1. The maximum absolute atomic E-state index is 13.7. The fourth-order valence-electron chi connectivity index (χ4n) is 10.7. The molecular formula is C48H67N7O11S. The van der Waals surface area contributed by atoms with Gasteiger partial charge in [-0.05, 0) is 141 Å². The number of likely N-dealkylation sites (N-methyl/N-ethyl adjacent to an activating group) is 2. The van der Waals surface area contributed by atoms with E-state index >= 15 is 0 Å². The third-order valence-electron chi connectivity index (χ3n) is 13.8. The lowest BCUT2D eigenvalue weighted by atomic mass is 9.53. The predicted molar refractivity (Wildman–Crippen MR) is 249 cm³/mol. The molecule has 5 aliphatic rings. The van der Waals surface area contributed by atoms with Crippen LogP contribution in [-0.2, 0) is 52.1 Å². The van der Waals surface area contributed by atoms with Crippen molar-refractivity contribution >= 4 is 39.9 Å². The van der Waals surface area contributed by atoms with Gasteiger partial charge in [0.25, 0.3) is 10.0 Å². The minimum atomic E-state index is -4.18. The Morgan fingerprint density at radius 1 is 1.04 bits per heavy atom. The van der Waals surface area contributed by atoms with Crippen molar-refractivity contribution < 1.29 is 51.3 Å². The summed E-state index contributed by atoms with van der Waals surface area (Å²) in [5.74, 6) is 0.267. The zero-order valence-corrected chi connectivity index (χ0v) is 41.4. The minimum absolute atomic E-state index is 0.00315. The van der Waals surface area contributed by atoms with E-state index in [4.69, 9.17) is 29.1 Å². The van der Waals surface area contributed by atoms with Crippen molar-refractivity contribution in [1.82, 2.24) is 30.5 Å². The molecule has 5 atom stereocenters. The molecule has 2 aliphatic carbocycles. The van der Waals surface area contributed by atoms with Gasteiger partial charge >= 0.3 is 12.1 Å². The molecule has 1 spiro atoms. The van der Waals surface area contributed by atoms with E-state index in [9.17, 15) is 27.6 Å². The average molecular weight is 950 g/mol. The third-order valence-corrected chi connectivity index (χ3v) is 15.5. The Morgan fingerprint density at radius 2 is 1.78 bits per heavy atom. The van der Waals surface area contributed by atoms with Crippen LogP contribution in [0.5, 0.6) is 17.2 Å². The molecule has 67 heavy (non-hydrogen) atoms. The summed E-state index contributed by atoms with van der Waals surface area (Å²) in [6, 6.07) is 3.27. The molecule has 3 aliphatic heterocycles. The first-order valence-electron chi connectivity index (χ1n) is 23.0. The van der Waals surface area contributed by atoms with Crippen LogP contribution in [0.2, 0.25) is 0 Å². The highest BCUT2D eigenvalue weighted by Crippen LogP contribution is 2.64. The number of hydrogen-bond acceptors (Lipinski definition) is 13. The van der Waals surface area contributed by atoms with Crippen LogP contribution in [-0.4, -0.2) is 125 Å². The normalized spacial score (nSPS) is 22.4. The second kappa shape index (κ2) is 18.5. The molecular weight excluding hydrogens is 883 g/mol. The Bertz CT molecular complexity index is 2500. The van der Waals surface area contributed by atoms with Crippen molar-refractivity contribution in [3.8, 4) is 17.2 Å². The van der Waals surface area contributed by atoms with E-state index in [-0.39, 0.29) is 48.7 Å². The fraction of sp³-hybridized carbons (Fsp3) is 0.604. The summed E-state index contributed by atoms with van der Waals surface area (Å²) in [6.45, 7) is 15.2. The highest BCUT2D eigenvalue weighted by molar-refractivity contribution is 7.90. The number of nitrogens with zero attached hydrogens (tertiary/aromatic N) is 2. The number of hydrogen-bond donors (Lipinski definition) is 5. The number of esters is 1. The minimum Gasteiger partial charge on any atom is -0.493 e. The molecule has 1 fully saturated rings. The van der Waals surface area contributed by atoms with Gasteiger partial charge in [-0.1, -0.05) is 6.07 Å². The molecule has 5 N–H and O–H groups in total. The van der Waals surface area contributed by atoms with Gasteiger partial charge in [-0.15, -0.1) is 0 Å². The number of piperidine rings is 1. The highest BCUT2D eigenvalue weighted by Gasteiger charge is 2.65. The molecule has 7 rings (SSSR count). The van der Waals surface area contributed by atoms with E-state index in [0.717, 1.165) is 42.7 Å². The lowest BCUT2D eigenvalue weighted by Gasteiger charge is -2.56. The van der Waals surface area contributed by atoms with Gasteiger partial charge in [-0.25, -0.2) is 17.9 Å². The van der Waals surface area contributed by atoms with Crippen LogP contribution in [0.15, 0.2) is 28.9 Å². The second-order valence-corrected chi connectivity index (χ2v) is 21.8. The summed E-state index contributed by atoms with van der Waals surface area (Å²) in [7, 11) is 1.18. The number of ether oxygens (including phenoxy) is 5. The standard InChI is InChI=1S/C48H67N7O11S/c1-26-27(2)41(28(3)30-25-47(7,8)66-39(26)30)67(60,61)53-44(49)51-19-12-13-32(52-36(56)24-37(57)65-46(4,5)6)43(58)50-20-22-55(10)45(59)63-35-17-15-31-33-23-29-14-16-34(62-11)40-38(29)48(31,42(35)64-40)18-21-54(33)9/h14,16-17,31-33,42H,12-13,15,18-25H2,1-11H3,(H,50,58)(H,52,56)(H3,49,51,53)/t31?,32-,33+,42?,48-/m0/s1. The maximum atomic E-state index is 13.7. The number of amides is 3. The Balaban J connectivity index is 0.947. The predicted octanol–water partition coefficient (Wildman–Crippen LogP) is 4.18. The Kier molecular flexibility index (Phi) is 13.6. The number of sulfonamides is 1. The molecule has 19 heteroatoms. The van der Waals surface area contributed by atoms with Crippen molar-refractivity contribution in [2.24, 2.45) is 5.92 Å². The SMILES string of the molecule is COc1ccc2c3c1OC1C(OC(=O)N(C)CCNC(=O)[C@H](CCCNC(=N)NS(=O)(=O)c4c(C)c(C)c5c(c4C)CC(C)(C)O5)NC(=O)CC(=O)OC(C)(C)C)=CCC4[C@@H](C2)N(C)CC[C@]314. The van der Waals surface area contributed by atoms with E-state index in [2.05, 4.69) is 38.7 Å². The van der Waals surface area contributed by atoms with Gasteiger partial charge in [0.1, 0.15) is 35.2 Å². The number of benzene rings is 2. The van der Waals surface area contributed by atoms with Crippen LogP contribution in [0.25, 0.3) is 0 Å². The summed E-state index contributed by atoms with van der Waals surface area (Å²) in [6.07, 6.45) is 3.51. The van der Waals surface area contributed by atoms with Crippen LogP contribution >= 0.6 is 0 Å². The first kappa shape index (κ1) is 49.3. The zero-order chi connectivity index (χ0) is 49.0. The number of carbonyl (C=O) groups is 4. The second-order valence-electron chi connectivity index (χ2n) is 20.2. The molecule has 2 aromatic carbocycles. The summed E-state index contributed by atoms with van der Waals surface area (Å²) < 4.78 is 59.6. The van der Waals surface area contributed by atoms with Crippen LogP contribution in [0.3, 0.4) is 0 Å². The third kappa shape index (κ3) is 9.76. The number of methoxy groups -OCH3 is 1. The summed E-state index contributed by atoms with van der Waals surface area (Å²) in [4.78, 5) is 56.6. The Hall–Kier alpha value is -5.56. The molecule has 2 bridgehead atoms. The van der Waals surface area contributed by atoms with Crippen molar-refractivity contribution in [3.05, 3.63) is 57.3 Å². The summed E-state index contributed by atoms with van der Waals surface area (Å²) >= 11 is 0. The lowest BCUT2D eigenvalue weighted by molar-refractivity contribution is -0.156. The van der Waals surface area contributed by atoms with E-state index in [1.807, 2.05) is 32.9 Å². The summed E-state index contributed by atoms with van der Waals surface area (Å²) in [5.41, 5.74) is 3.38. The van der Waals surface area contributed by atoms with Gasteiger partial charge in [0.15, 0.2) is 17.6 Å². The number of allylic oxidation sites excluding steroid dienone is 1. The maximum Gasteiger partial charge on any atom is 0.414 e. The van der Waals surface area contributed by atoms with Gasteiger partial charge in [-0.3, -0.25) is 19.8 Å². The van der Waals surface area contributed by atoms with Gasteiger partial charge < -0.3 is 49.4 Å². The molecule has 2 aromatic rings. The molecule has 366 valence electrons. The number of fused-ring (bicyclic) bond motifs is 1. The van der Waals surface area contributed by atoms with Crippen molar-refractivity contribution in [2.75, 3.05) is 47.4 Å². The number of likely N-dealkylation sites (tertiary alicyclic amines) is 1. The topological polar surface area (TPSA) is 227 Å². The van der Waals surface area contributed by atoms with Gasteiger partial charge in [0, 0.05) is 55.7 Å². The van der Waals surface area contributed by atoms with Crippen LogP contribution in [0, 0.1) is 32.1 Å². The molecule has 3 heterocycles. The van der Waals surface area contributed by atoms with E-state index in [1.54, 1.807) is 48.8 Å². The van der Waals surface area contributed by atoms with E-state index in [0.29, 0.717) is 40.8 Å². The molecule has 1 saturated heterocycles. The van der Waals surface area contributed by atoms with E-state index < -0.39 is 69.6 Å². The monoisotopic (exact) mass is 949 g/mol. The number of carbonyl (C=O) groups excluding carboxylic acids is 4. The van der Waals surface area contributed by atoms with Crippen LogP contribution in [0.1, 0.15) is 100 Å². The first-order valence-corrected chi connectivity index (χ1v) is 24.5. The molecule has 0 radical (unpaired) electrons. The molecule has 0 aromatic heterocycles. The Labute approximate surface area is 393 Å². The fourth-order valence-corrected chi connectivity index (χ4v) is 12.2.